The highest BCUT2D eigenvalue weighted by atomic mass is 16.5. The third kappa shape index (κ3) is 5.31. The average Bonchev–Trinajstić information content (AvgIpc) is 2.27. The second-order valence-electron chi connectivity index (χ2n) is 4.07. The lowest BCUT2D eigenvalue weighted by Crippen LogP contribution is -2.35. The van der Waals surface area contributed by atoms with E-state index >= 15 is 0 Å². The van der Waals surface area contributed by atoms with Crippen molar-refractivity contribution >= 4 is 5.97 Å². The Kier molecular flexibility index (Phi) is 7.90. The van der Waals surface area contributed by atoms with Crippen LogP contribution in [0.2, 0.25) is 0 Å². The molecule has 0 aliphatic heterocycles. The Morgan fingerprint density at radius 1 is 1.31 bits per heavy atom. The van der Waals surface area contributed by atoms with Crippen molar-refractivity contribution in [3.63, 3.8) is 0 Å². The van der Waals surface area contributed by atoms with E-state index in [4.69, 9.17) is 4.74 Å². The van der Waals surface area contributed by atoms with E-state index in [0.717, 1.165) is 12.8 Å². The quantitative estimate of drug-likeness (QED) is 0.511. The lowest BCUT2D eigenvalue weighted by molar-refractivity contribution is -0.138. The third-order valence-electron chi connectivity index (χ3n) is 2.96. The Morgan fingerprint density at radius 2 is 1.88 bits per heavy atom. The highest BCUT2D eigenvalue weighted by Crippen LogP contribution is 2.12. The number of rotatable bonds is 8. The number of carbonyl (C=O) groups excluding carboxylic acids is 1. The van der Waals surface area contributed by atoms with E-state index in [1.54, 1.807) is 6.92 Å². The molecule has 0 spiro atoms. The zero-order valence-electron chi connectivity index (χ0n) is 11.0. The Morgan fingerprint density at radius 3 is 2.31 bits per heavy atom. The van der Waals surface area contributed by atoms with Crippen molar-refractivity contribution in [2.24, 2.45) is 5.92 Å². The molecule has 0 aromatic carbocycles. The van der Waals surface area contributed by atoms with Crippen LogP contribution in [0.1, 0.15) is 40.5 Å². The summed E-state index contributed by atoms with van der Waals surface area (Å²) in [5.74, 6) is 0.349. The first kappa shape index (κ1) is 15.2. The molecule has 0 saturated carbocycles. The first-order chi connectivity index (χ1) is 7.56. The van der Waals surface area contributed by atoms with Crippen LogP contribution in [0.25, 0.3) is 0 Å². The second kappa shape index (κ2) is 8.34. The summed E-state index contributed by atoms with van der Waals surface area (Å²) in [5, 5.41) is 3.32. The van der Waals surface area contributed by atoms with Gasteiger partial charge in [0, 0.05) is 18.2 Å². The van der Waals surface area contributed by atoms with E-state index < -0.39 is 0 Å². The molecule has 3 heteroatoms. The molecule has 0 rings (SSSR count). The summed E-state index contributed by atoms with van der Waals surface area (Å²) in [6.45, 7) is 13.0. The van der Waals surface area contributed by atoms with Gasteiger partial charge in [0.05, 0.1) is 6.61 Å². The molecule has 0 bridgehead atoms. The molecule has 16 heavy (non-hydrogen) atoms. The van der Waals surface area contributed by atoms with Crippen LogP contribution >= 0.6 is 0 Å². The van der Waals surface area contributed by atoms with Gasteiger partial charge in [-0.05, 0) is 19.8 Å². The summed E-state index contributed by atoms with van der Waals surface area (Å²) in [5.41, 5.74) is 0.500. The molecule has 0 aromatic heterocycles. The highest BCUT2D eigenvalue weighted by molar-refractivity contribution is 5.88. The fraction of sp³-hybridized carbons (Fsp3) is 0.769. The third-order valence-corrected chi connectivity index (χ3v) is 2.96. The molecule has 0 radical (unpaired) electrons. The topological polar surface area (TPSA) is 38.3 Å². The number of hydrogen-bond donors (Lipinski definition) is 1. The summed E-state index contributed by atoms with van der Waals surface area (Å²) in [4.78, 5) is 11.3. The van der Waals surface area contributed by atoms with Gasteiger partial charge in [-0.15, -0.1) is 0 Å². The Balaban J connectivity index is 3.95. The molecule has 0 aromatic rings. The van der Waals surface area contributed by atoms with Crippen LogP contribution in [0.15, 0.2) is 12.2 Å². The minimum Gasteiger partial charge on any atom is -0.463 e. The summed E-state index contributed by atoms with van der Waals surface area (Å²) in [6.07, 6.45) is 2.30. The fourth-order valence-corrected chi connectivity index (χ4v) is 1.75. The van der Waals surface area contributed by atoms with Crippen molar-refractivity contribution < 1.29 is 9.53 Å². The molecule has 0 aliphatic carbocycles. The van der Waals surface area contributed by atoms with E-state index in [0.29, 0.717) is 30.7 Å². The van der Waals surface area contributed by atoms with Gasteiger partial charge in [0.1, 0.15) is 0 Å². The van der Waals surface area contributed by atoms with Crippen LogP contribution in [0.3, 0.4) is 0 Å². The van der Waals surface area contributed by atoms with E-state index in [1.807, 2.05) is 0 Å². The van der Waals surface area contributed by atoms with Gasteiger partial charge < -0.3 is 10.1 Å². The van der Waals surface area contributed by atoms with E-state index in [9.17, 15) is 4.79 Å². The summed E-state index contributed by atoms with van der Waals surface area (Å²) < 4.78 is 4.87. The molecule has 1 unspecified atom stereocenters. The Hall–Kier alpha value is -0.830. The van der Waals surface area contributed by atoms with E-state index in [2.05, 4.69) is 32.7 Å². The molecule has 0 amide bonds. The smallest absolute Gasteiger partial charge is 0.334 e. The van der Waals surface area contributed by atoms with Crippen molar-refractivity contribution in [3.8, 4) is 0 Å². The summed E-state index contributed by atoms with van der Waals surface area (Å²) >= 11 is 0. The minimum absolute atomic E-state index is 0.299. The maximum atomic E-state index is 11.3. The maximum absolute atomic E-state index is 11.3. The van der Waals surface area contributed by atoms with Gasteiger partial charge in [-0.1, -0.05) is 33.3 Å². The second-order valence-corrected chi connectivity index (χ2v) is 4.07. The monoisotopic (exact) mass is 227 g/mol. The van der Waals surface area contributed by atoms with Gasteiger partial charge in [-0.3, -0.25) is 0 Å². The van der Waals surface area contributed by atoms with Crippen molar-refractivity contribution in [3.05, 3.63) is 12.2 Å². The normalized spacial score (nSPS) is 12.6. The lowest BCUT2D eigenvalue weighted by atomic mass is 9.95. The molecule has 0 saturated heterocycles. The predicted molar refractivity (Wildman–Crippen MR) is 67.3 cm³/mol. The van der Waals surface area contributed by atoms with Crippen LogP contribution in [0, 0.1) is 5.92 Å². The Bertz CT molecular complexity index is 222. The van der Waals surface area contributed by atoms with Gasteiger partial charge in [0.15, 0.2) is 0 Å². The largest absolute Gasteiger partial charge is 0.463 e. The van der Waals surface area contributed by atoms with Gasteiger partial charge in [0.2, 0.25) is 0 Å². The first-order valence-electron chi connectivity index (χ1n) is 6.14. The van der Waals surface area contributed by atoms with Crippen molar-refractivity contribution in [2.75, 3.05) is 13.2 Å². The van der Waals surface area contributed by atoms with Crippen LogP contribution in [-0.4, -0.2) is 25.2 Å². The number of ether oxygens (including phenoxy) is 1. The number of nitrogens with one attached hydrogen (secondary N) is 1. The summed E-state index contributed by atoms with van der Waals surface area (Å²) in [7, 11) is 0. The Labute approximate surface area is 99.3 Å². The van der Waals surface area contributed by atoms with Gasteiger partial charge >= 0.3 is 5.97 Å². The molecule has 3 nitrogen and oxygen atoms in total. The minimum atomic E-state index is -0.299. The van der Waals surface area contributed by atoms with Gasteiger partial charge in [-0.25, -0.2) is 4.79 Å². The number of hydrogen-bond acceptors (Lipinski definition) is 3. The molecule has 1 atom stereocenters. The molecule has 0 aliphatic rings. The van der Waals surface area contributed by atoms with Gasteiger partial charge in [-0.2, -0.15) is 0 Å². The lowest BCUT2D eigenvalue weighted by Gasteiger charge is -2.22. The van der Waals surface area contributed by atoms with Gasteiger partial charge in [0.25, 0.3) is 0 Å². The zero-order valence-corrected chi connectivity index (χ0v) is 11.0. The highest BCUT2D eigenvalue weighted by Gasteiger charge is 2.14. The van der Waals surface area contributed by atoms with Crippen LogP contribution in [-0.2, 0) is 9.53 Å². The molecular formula is C13H25NO2. The van der Waals surface area contributed by atoms with Crippen molar-refractivity contribution in [1.82, 2.24) is 5.32 Å². The molecule has 94 valence electrons. The maximum Gasteiger partial charge on any atom is 0.334 e. The molecule has 1 N–H and O–H groups in total. The van der Waals surface area contributed by atoms with E-state index in [-0.39, 0.29) is 5.97 Å². The van der Waals surface area contributed by atoms with Crippen LogP contribution < -0.4 is 5.32 Å². The average molecular weight is 227 g/mol. The standard InChI is InChI=1S/C13H25NO2/c1-6-12(7-2)11(5)14-9-10(4)13(15)16-8-3/h11-12,14H,4,6-9H2,1-3,5H3. The molecule has 0 heterocycles. The summed E-state index contributed by atoms with van der Waals surface area (Å²) in [6, 6.07) is 0.404. The molecule has 0 fully saturated rings. The first-order valence-corrected chi connectivity index (χ1v) is 6.14. The predicted octanol–water partition coefficient (Wildman–Crippen LogP) is 2.52. The number of esters is 1. The molecular weight excluding hydrogens is 202 g/mol. The SMILES string of the molecule is C=C(CNC(C)C(CC)CC)C(=O)OCC. The van der Waals surface area contributed by atoms with Crippen LogP contribution in [0.5, 0.6) is 0 Å². The van der Waals surface area contributed by atoms with Crippen molar-refractivity contribution in [2.45, 2.75) is 46.6 Å². The fourth-order valence-electron chi connectivity index (χ4n) is 1.75. The zero-order chi connectivity index (χ0) is 12.6. The van der Waals surface area contributed by atoms with E-state index in [1.165, 1.54) is 0 Å². The number of carbonyl (C=O) groups is 1. The van der Waals surface area contributed by atoms with Crippen molar-refractivity contribution in [1.29, 1.82) is 0 Å². The van der Waals surface area contributed by atoms with Crippen LogP contribution in [0.4, 0.5) is 0 Å².